The van der Waals surface area contributed by atoms with Crippen LogP contribution in [-0.4, -0.2) is 6.17 Å². The largest absolute Gasteiger partial charge is 0.370 e. The van der Waals surface area contributed by atoms with Gasteiger partial charge in [0, 0.05) is 12.4 Å². The van der Waals surface area contributed by atoms with Crippen molar-refractivity contribution in [3.63, 3.8) is 0 Å². The first kappa shape index (κ1) is 3.53. The molecule has 0 aromatic carbocycles. The van der Waals surface area contributed by atoms with Crippen LogP contribution in [0, 0.1) is 0 Å². The highest BCUT2D eigenvalue weighted by molar-refractivity contribution is 4.87. The zero-order chi connectivity index (χ0) is 4.41. The standard InChI is InChI=1S/C4H8N2/c1-4-5-2-3-6-4/h2-6H,1H3. The molecular weight excluding hydrogens is 76.1 g/mol. The van der Waals surface area contributed by atoms with Crippen molar-refractivity contribution in [3.05, 3.63) is 12.4 Å². The van der Waals surface area contributed by atoms with Crippen LogP contribution in [0.2, 0.25) is 0 Å². The summed E-state index contributed by atoms with van der Waals surface area (Å²) in [6, 6.07) is 0. The molecule has 0 amide bonds. The third kappa shape index (κ3) is 0.455. The lowest BCUT2D eigenvalue weighted by molar-refractivity contribution is 0.625. The average molecular weight is 84.1 g/mol. The first-order valence-electron chi connectivity index (χ1n) is 2.07. The number of hydrogen-bond acceptors (Lipinski definition) is 2. The number of hydrogen-bond donors (Lipinski definition) is 2. The normalized spacial score (nSPS) is 20.2. The van der Waals surface area contributed by atoms with Crippen molar-refractivity contribution in [2.45, 2.75) is 13.1 Å². The van der Waals surface area contributed by atoms with Crippen LogP contribution in [0.3, 0.4) is 0 Å². The summed E-state index contributed by atoms with van der Waals surface area (Å²) < 4.78 is 0. The fourth-order valence-corrected chi connectivity index (χ4v) is 0.433. The predicted molar refractivity (Wildman–Crippen MR) is 24.9 cm³/mol. The highest BCUT2D eigenvalue weighted by atomic mass is 15.1. The van der Waals surface area contributed by atoms with Crippen LogP contribution >= 0.6 is 0 Å². The third-order valence-electron chi connectivity index (χ3n) is 0.776. The van der Waals surface area contributed by atoms with E-state index in [1.807, 2.05) is 12.4 Å². The Bertz CT molecular complexity index is 59.9. The Balaban J connectivity index is 2.32. The molecule has 0 saturated carbocycles. The minimum absolute atomic E-state index is 0.435. The second-order valence-electron chi connectivity index (χ2n) is 1.39. The Morgan fingerprint density at radius 2 is 1.83 bits per heavy atom. The van der Waals surface area contributed by atoms with E-state index in [1.54, 1.807) is 0 Å². The number of nitrogens with one attached hydrogen (secondary N) is 2. The molecule has 1 rings (SSSR count). The van der Waals surface area contributed by atoms with Crippen LogP contribution in [0.4, 0.5) is 0 Å². The maximum absolute atomic E-state index is 3.03. The molecule has 0 bridgehead atoms. The van der Waals surface area contributed by atoms with E-state index >= 15 is 0 Å². The number of rotatable bonds is 0. The molecule has 0 radical (unpaired) electrons. The van der Waals surface area contributed by atoms with E-state index in [-0.39, 0.29) is 0 Å². The molecule has 0 atom stereocenters. The molecule has 2 N–H and O–H groups in total. The van der Waals surface area contributed by atoms with Gasteiger partial charge in [0.1, 0.15) is 0 Å². The van der Waals surface area contributed by atoms with Crippen molar-refractivity contribution in [1.82, 2.24) is 10.6 Å². The van der Waals surface area contributed by atoms with Gasteiger partial charge in [-0.05, 0) is 6.92 Å². The monoisotopic (exact) mass is 84.1 g/mol. The van der Waals surface area contributed by atoms with Crippen molar-refractivity contribution in [1.29, 1.82) is 0 Å². The molecule has 0 aromatic heterocycles. The summed E-state index contributed by atoms with van der Waals surface area (Å²) in [4.78, 5) is 0. The molecule has 2 nitrogen and oxygen atoms in total. The zero-order valence-corrected chi connectivity index (χ0v) is 3.73. The van der Waals surface area contributed by atoms with Gasteiger partial charge in [-0.15, -0.1) is 0 Å². The Kier molecular flexibility index (Phi) is 0.708. The van der Waals surface area contributed by atoms with Gasteiger partial charge in [0.15, 0.2) is 0 Å². The average Bonchev–Trinajstić information content (AvgIpc) is 1.86. The van der Waals surface area contributed by atoms with Crippen molar-refractivity contribution in [3.8, 4) is 0 Å². The molecular formula is C4H8N2. The van der Waals surface area contributed by atoms with E-state index in [1.165, 1.54) is 0 Å². The van der Waals surface area contributed by atoms with Crippen LogP contribution in [-0.2, 0) is 0 Å². The van der Waals surface area contributed by atoms with E-state index < -0.39 is 0 Å². The molecule has 0 saturated heterocycles. The molecule has 1 aliphatic rings. The predicted octanol–water partition coefficient (Wildman–Crippen LogP) is -0.00360. The topological polar surface area (TPSA) is 24.1 Å². The minimum atomic E-state index is 0.435. The summed E-state index contributed by atoms with van der Waals surface area (Å²) in [5, 5.41) is 6.06. The molecule has 0 aromatic rings. The lowest BCUT2D eigenvalue weighted by atomic mass is 10.6. The third-order valence-corrected chi connectivity index (χ3v) is 0.776. The van der Waals surface area contributed by atoms with Gasteiger partial charge >= 0.3 is 0 Å². The molecule has 1 aliphatic heterocycles. The van der Waals surface area contributed by atoms with Gasteiger partial charge in [-0.25, -0.2) is 0 Å². The maximum Gasteiger partial charge on any atom is 0.0926 e. The van der Waals surface area contributed by atoms with Gasteiger partial charge in [-0.3, -0.25) is 0 Å². The van der Waals surface area contributed by atoms with Crippen LogP contribution in [0.25, 0.3) is 0 Å². The summed E-state index contributed by atoms with van der Waals surface area (Å²) in [6.45, 7) is 2.06. The fraction of sp³-hybridized carbons (Fsp3) is 0.500. The first-order valence-corrected chi connectivity index (χ1v) is 2.07. The smallest absolute Gasteiger partial charge is 0.0926 e. The quantitative estimate of drug-likeness (QED) is 0.431. The Hall–Kier alpha value is -0.660. The lowest BCUT2D eigenvalue weighted by Crippen LogP contribution is -2.25. The van der Waals surface area contributed by atoms with Gasteiger partial charge in [0.25, 0.3) is 0 Å². The Morgan fingerprint density at radius 3 is 2.00 bits per heavy atom. The van der Waals surface area contributed by atoms with E-state index in [9.17, 15) is 0 Å². The van der Waals surface area contributed by atoms with Gasteiger partial charge in [-0.1, -0.05) is 0 Å². The molecule has 1 heterocycles. The fourth-order valence-electron chi connectivity index (χ4n) is 0.433. The van der Waals surface area contributed by atoms with E-state index in [0.29, 0.717) is 6.17 Å². The molecule has 0 aliphatic carbocycles. The van der Waals surface area contributed by atoms with Gasteiger partial charge in [0.2, 0.25) is 0 Å². The lowest BCUT2D eigenvalue weighted by Gasteiger charge is -2.00. The van der Waals surface area contributed by atoms with E-state index in [0.717, 1.165) is 0 Å². The SMILES string of the molecule is CC1NC=CN1. The summed E-state index contributed by atoms with van der Waals surface area (Å²) >= 11 is 0. The second kappa shape index (κ2) is 1.20. The van der Waals surface area contributed by atoms with Crippen molar-refractivity contribution >= 4 is 0 Å². The molecule has 0 fully saturated rings. The van der Waals surface area contributed by atoms with Crippen LogP contribution in [0.5, 0.6) is 0 Å². The molecule has 2 heteroatoms. The molecule has 34 valence electrons. The molecule has 0 spiro atoms. The van der Waals surface area contributed by atoms with Crippen LogP contribution in [0.15, 0.2) is 12.4 Å². The van der Waals surface area contributed by atoms with E-state index in [2.05, 4.69) is 17.6 Å². The van der Waals surface area contributed by atoms with Crippen LogP contribution < -0.4 is 10.6 Å². The molecule has 6 heavy (non-hydrogen) atoms. The zero-order valence-electron chi connectivity index (χ0n) is 3.73. The van der Waals surface area contributed by atoms with Crippen molar-refractivity contribution < 1.29 is 0 Å². The minimum Gasteiger partial charge on any atom is -0.370 e. The highest BCUT2D eigenvalue weighted by Crippen LogP contribution is 1.80. The van der Waals surface area contributed by atoms with Gasteiger partial charge < -0.3 is 10.6 Å². The van der Waals surface area contributed by atoms with Crippen molar-refractivity contribution in [2.75, 3.05) is 0 Å². The van der Waals surface area contributed by atoms with Crippen molar-refractivity contribution in [2.24, 2.45) is 0 Å². The first-order chi connectivity index (χ1) is 2.89. The summed E-state index contributed by atoms with van der Waals surface area (Å²) in [6.07, 6.45) is 4.22. The van der Waals surface area contributed by atoms with E-state index in [4.69, 9.17) is 0 Å². The van der Waals surface area contributed by atoms with Gasteiger partial charge in [0.05, 0.1) is 6.17 Å². The summed E-state index contributed by atoms with van der Waals surface area (Å²) in [5.74, 6) is 0. The summed E-state index contributed by atoms with van der Waals surface area (Å²) in [7, 11) is 0. The van der Waals surface area contributed by atoms with Gasteiger partial charge in [-0.2, -0.15) is 0 Å². The molecule has 0 unspecified atom stereocenters. The highest BCUT2D eigenvalue weighted by Gasteiger charge is 1.94. The summed E-state index contributed by atoms with van der Waals surface area (Å²) in [5.41, 5.74) is 0. The maximum atomic E-state index is 3.03. The second-order valence-corrected chi connectivity index (χ2v) is 1.39. The Morgan fingerprint density at radius 1 is 1.33 bits per heavy atom. The Labute approximate surface area is 37.2 Å². The van der Waals surface area contributed by atoms with Crippen LogP contribution in [0.1, 0.15) is 6.92 Å².